The fraction of sp³-hybridized carbons (Fsp3) is 0.538. The Morgan fingerprint density at radius 3 is 1.97 bits per heavy atom. The fourth-order valence-corrected chi connectivity index (χ4v) is 4.70. The van der Waals surface area contributed by atoms with Crippen molar-refractivity contribution >= 4 is 0 Å². The molecule has 1 fully saturated rings. The summed E-state index contributed by atoms with van der Waals surface area (Å²) in [6.07, 6.45) is 3.36. The maximum atomic E-state index is 14.6. The molecule has 0 aliphatic heterocycles. The third-order valence-corrected chi connectivity index (χ3v) is 6.61. The maximum absolute atomic E-state index is 14.6. The zero-order valence-electron chi connectivity index (χ0n) is 19.1. The van der Waals surface area contributed by atoms with Crippen molar-refractivity contribution in [3.05, 3.63) is 70.0 Å². The fourth-order valence-electron chi connectivity index (χ4n) is 4.70. The normalized spacial score (nSPS) is 18.9. The van der Waals surface area contributed by atoms with Crippen molar-refractivity contribution in [1.29, 1.82) is 0 Å². The van der Waals surface area contributed by atoms with Gasteiger partial charge in [-0.25, -0.2) is 22.0 Å². The van der Waals surface area contributed by atoms with Crippen LogP contribution >= 0.6 is 0 Å². The molecule has 0 N–H and O–H groups in total. The number of ether oxygens (including phenoxy) is 1. The number of unbranched alkanes of at least 4 members (excludes halogenated alkanes) is 2. The molecule has 1 saturated carbocycles. The Bertz CT molecular complexity index is 922. The van der Waals surface area contributed by atoms with E-state index in [2.05, 4.69) is 11.7 Å². The van der Waals surface area contributed by atoms with Crippen LogP contribution in [0.1, 0.15) is 80.9 Å². The minimum Gasteiger partial charge on any atom is -0.316 e. The molecule has 0 heterocycles. The zero-order valence-corrected chi connectivity index (χ0v) is 19.1. The van der Waals surface area contributed by atoms with Crippen LogP contribution in [0.4, 0.5) is 30.7 Å². The lowest BCUT2D eigenvalue weighted by Crippen LogP contribution is -2.24. The predicted octanol–water partition coefficient (Wildman–Crippen LogP) is 8.54. The molecule has 8 heteroatoms. The van der Waals surface area contributed by atoms with Crippen LogP contribution in [0, 0.1) is 35.0 Å². The Kier molecular flexibility index (Phi) is 9.01. The molecule has 1 nitrogen and oxygen atoms in total. The van der Waals surface area contributed by atoms with E-state index in [1.807, 2.05) is 0 Å². The molecule has 3 rings (SSSR count). The van der Waals surface area contributed by atoms with Crippen molar-refractivity contribution < 1.29 is 35.5 Å². The monoisotopic (exact) mass is 490 g/mol. The first-order valence-corrected chi connectivity index (χ1v) is 11.8. The third-order valence-electron chi connectivity index (χ3n) is 6.61. The molecule has 1 aliphatic carbocycles. The quantitative estimate of drug-likeness (QED) is 0.184. The maximum Gasteiger partial charge on any atom is 0.389 e. The molecule has 0 aromatic heterocycles. The van der Waals surface area contributed by atoms with Crippen LogP contribution in [0.15, 0.2) is 24.3 Å². The molecule has 188 valence electrons. The number of benzene rings is 2. The van der Waals surface area contributed by atoms with Gasteiger partial charge in [-0.15, -0.1) is 0 Å². The lowest BCUT2D eigenvalue weighted by atomic mass is 9.77. The molecule has 34 heavy (non-hydrogen) atoms. The van der Waals surface area contributed by atoms with Gasteiger partial charge in [0, 0.05) is 0 Å². The molecule has 0 bridgehead atoms. The molecule has 0 atom stereocenters. The standard InChI is InChI=1S/C26H29F7O/c1-2-3-4-5-16-6-8-18(9-7-16)19-14-20(27)24(21(28)15-19)26(32,33)34-11-10-17-12-22(29)25(31)23(30)13-17/h12-16,18H,2-11H2,1H3/t16-,18-. The van der Waals surface area contributed by atoms with Gasteiger partial charge in [-0.05, 0) is 79.3 Å². The van der Waals surface area contributed by atoms with Crippen LogP contribution in [-0.4, -0.2) is 6.61 Å². The highest BCUT2D eigenvalue weighted by molar-refractivity contribution is 5.31. The van der Waals surface area contributed by atoms with E-state index < -0.39 is 53.8 Å². The van der Waals surface area contributed by atoms with Crippen molar-refractivity contribution in [2.24, 2.45) is 5.92 Å². The average Bonchev–Trinajstić information content (AvgIpc) is 2.77. The molecule has 2 aromatic rings. The van der Waals surface area contributed by atoms with E-state index in [-0.39, 0.29) is 11.5 Å². The molecule has 0 amide bonds. The van der Waals surface area contributed by atoms with Crippen molar-refractivity contribution in [2.45, 2.75) is 76.7 Å². The van der Waals surface area contributed by atoms with E-state index in [1.165, 1.54) is 12.8 Å². The van der Waals surface area contributed by atoms with Gasteiger partial charge in [0.25, 0.3) is 0 Å². The molecular formula is C26H29F7O. The predicted molar refractivity (Wildman–Crippen MR) is 115 cm³/mol. The van der Waals surface area contributed by atoms with Gasteiger partial charge in [-0.2, -0.15) is 8.78 Å². The summed E-state index contributed by atoms with van der Waals surface area (Å²) < 4.78 is 102. The highest BCUT2D eigenvalue weighted by Crippen LogP contribution is 2.40. The van der Waals surface area contributed by atoms with Crippen LogP contribution in [0.3, 0.4) is 0 Å². The van der Waals surface area contributed by atoms with Crippen LogP contribution in [0.2, 0.25) is 0 Å². The highest BCUT2D eigenvalue weighted by Gasteiger charge is 2.40. The summed E-state index contributed by atoms with van der Waals surface area (Å²) in [4.78, 5) is 0. The van der Waals surface area contributed by atoms with Crippen LogP contribution in [0.25, 0.3) is 0 Å². The van der Waals surface area contributed by atoms with Gasteiger partial charge in [0.2, 0.25) is 0 Å². The largest absolute Gasteiger partial charge is 0.389 e. The molecule has 0 spiro atoms. The summed E-state index contributed by atoms with van der Waals surface area (Å²) in [7, 11) is 0. The van der Waals surface area contributed by atoms with E-state index in [9.17, 15) is 30.7 Å². The van der Waals surface area contributed by atoms with Crippen molar-refractivity contribution in [3.63, 3.8) is 0 Å². The van der Waals surface area contributed by atoms with E-state index >= 15 is 0 Å². The van der Waals surface area contributed by atoms with E-state index in [0.29, 0.717) is 23.6 Å². The summed E-state index contributed by atoms with van der Waals surface area (Å²) in [5.41, 5.74) is -1.27. The smallest absolute Gasteiger partial charge is 0.316 e. The van der Waals surface area contributed by atoms with Crippen molar-refractivity contribution in [2.75, 3.05) is 6.61 Å². The van der Waals surface area contributed by atoms with E-state index in [4.69, 9.17) is 0 Å². The summed E-state index contributed by atoms with van der Waals surface area (Å²) in [6, 6.07) is 3.19. The Morgan fingerprint density at radius 2 is 1.41 bits per heavy atom. The zero-order chi connectivity index (χ0) is 24.9. The van der Waals surface area contributed by atoms with Crippen LogP contribution in [0.5, 0.6) is 0 Å². The Balaban J connectivity index is 1.62. The van der Waals surface area contributed by atoms with Gasteiger partial charge in [0.05, 0.1) is 6.61 Å². The first-order chi connectivity index (χ1) is 16.1. The number of hydrogen-bond donors (Lipinski definition) is 0. The van der Waals surface area contributed by atoms with Gasteiger partial charge < -0.3 is 4.74 Å². The summed E-state index contributed by atoms with van der Waals surface area (Å²) in [5.74, 6) is -6.90. The number of alkyl halides is 2. The van der Waals surface area contributed by atoms with Gasteiger partial charge >= 0.3 is 6.11 Å². The number of rotatable bonds is 10. The molecule has 1 aliphatic rings. The van der Waals surface area contributed by atoms with Gasteiger partial charge in [-0.1, -0.05) is 32.6 Å². The Labute approximate surface area is 195 Å². The first kappa shape index (κ1) is 26.5. The van der Waals surface area contributed by atoms with Crippen LogP contribution < -0.4 is 0 Å². The second-order valence-corrected chi connectivity index (χ2v) is 9.06. The minimum absolute atomic E-state index is 0.0849. The third kappa shape index (κ3) is 6.52. The summed E-state index contributed by atoms with van der Waals surface area (Å²) in [5, 5.41) is 0. The summed E-state index contributed by atoms with van der Waals surface area (Å²) >= 11 is 0. The van der Waals surface area contributed by atoms with E-state index in [1.54, 1.807) is 0 Å². The lowest BCUT2D eigenvalue weighted by molar-refractivity contribution is -0.251. The van der Waals surface area contributed by atoms with Crippen LogP contribution in [-0.2, 0) is 17.3 Å². The molecular weight excluding hydrogens is 461 g/mol. The average molecular weight is 491 g/mol. The molecule has 2 aromatic carbocycles. The second-order valence-electron chi connectivity index (χ2n) is 9.06. The number of halogens is 7. The highest BCUT2D eigenvalue weighted by atomic mass is 19.3. The number of hydrogen-bond acceptors (Lipinski definition) is 1. The van der Waals surface area contributed by atoms with Gasteiger partial charge in [0.1, 0.15) is 17.2 Å². The topological polar surface area (TPSA) is 9.23 Å². The second kappa shape index (κ2) is 11.6. The SMILES string of the molecule is CCCCC[C@H]1CC[C@H](c2cc(F)c(C(F)(F)OCCc3cc(F)c(F)c(F)c3)c(F)c2)CC1. The van der Waals surface area contributed by atoms with Gasteiger partial charge in [-0.3, -0.25) is 0 Å². The Hall–Kier alpha value is -2.09. The molecule has 0 unspecified atom stereocenters. The van der Waals surface area contributed by atoms with E-state index in [0.717, 1.165) is 50.7 Å². The first-order valence-electron chi connectivity index (χ1n) is 11.8. The lowest BCUT2D eigenvalue weighted by Gasteiger charge is -2.29. The Morgan fingerprint density at radius 1 is 0.824 bits per heavy atom. The van der Waals surface area contributed by atoms with Gasteiger partial charge in [0.15, 0.2) is 17.5 Å². The van der Waals surface area contributed by atoms with Crippen molar-refractivity contribution in [1.82, 2.24) is 0 Å². The minimum atomic E-state index is -4.29. The summed E-state index contributed by atoms with van der Waals surface area (Å²) in [6.45, 7) is 1.35. The van der Waals surface area contributed by atoms with Crippen molar-refractivity contribution in [3.8, 4) is 0 Å². The molecule has 0 radical (unpaired) electrons. The molecule has 0 saturated heterocycles.